The van der Waals surface area contributed by atoms with Crippen molar-refractivity contribution in [2.24, 2.45) is 5.92 Å². The number of amides is 2. The summed E-state index contributed by atoms with van der Waals surface area (Å²) in [7, 11) is 0. The number of carbonyl (C=O) groups is 1. The number of hydrogen-bond donors (Lipinski definition) is 5. The molecule has 0 spiro atoms. The lowest BCUT2D eigenvalue weighted by Crippen LogP contribution is -2.64. The van der Waals surface area contributed by atoms with E-state index in [0.717, 1.165) is 24.8 Å². The van der Waals surface area contributed by atoms with Crippen molar-refractivity contribution in [3.8, 4) is 0 Å². The zero-order chi connectivity index (χ0) is 30.5. The average molecular weight is 564 g/mol. The van der Waals surface area contributed by atoms with Gasteiger partial charge in [-0.1, -0.05) is 18.2 Å². The summed E-state index contributed by atoms with van der Waals surface area (Å²) in [4.78, 5) is 19.3. The Labute approximate surface area is 242 Å². The van der Waals surface area contributed by atoms with Gasteiger partial charge in [-0.15, -0.1) is 0 Å². The SMILES string of the molecule is CC(C)(NOC1CC(C)(C)N(O)C(C)(C)C1)C1=CCC(C(C)(C)NC(=O)NC2CC(C)(C)N(O)C(C)(C)C2)C=C1. The van der Waals surface area contributed by atoms with Crippen LogP contribution in [-0.4, -0.2) is 72.0 Å². The molecule has 0 radical (unpaired) electrons. The molecule has 2 saturated heterocycles. The Kier molecular flexibility index (Phi) is 9.06. The Morgan fingerprint density at radius 1 is 0.875 bits per heavy atom. The van der Waals surface area contributed by atoms with Crippen LogP contribution in [0.1, 0.15) is 115 Å². The van der Waals surface area contributed by atoms with Crippen LogP contribution >= 0.6 is 0 Å². The van der Waals surface area contributed by atoms with E-state index in [1.807, 2.05) is 55.4 Å². The van der Waals surface area contributed by atoms with Crippen LogP contribution in [0.5, 0.6) is 0 Å². The fraction of sp³-hybridized carbons (Fsp3) is 0.839. The Morgan fingerprint density at radius 3 is 1.80 bits per heavy atom. The van der Waals surface area contributed by atoms with Gasteiger partial charge in [0.2, 0.25) is 0 Å². The van der Waals surface area contributed by atoms with Gasteiger partial charge in [-0.2, -0.15) is 15.6 Å². The number of nitrogens with zero attached hydrogens (tertiary/aromatic N) is 2. The lowest BCUT2D eigenvalue weighted by molar-refractivity contribution is -0.268. The summed E-state index contributed by atoms with van der Waals surface area (Å²) in [5.41, 5.74) is 2.02. The second-order valence-corrected chi connectivity index (χ2v) is 16.0. The van der Waals surface area contributed by atoms with Crippen molar-refractivity contribution in [2.45, 2.75) is 161 Å². The third kappa shape index (κ3) is 7.28. The molecule has 230 valence electrons. The van der Waals surface area contributed by atoms with Crippen LogP contribution in [0.15, 0.2) is 23.8 Å². The van der Waals surface area contributed by atoms with Gasteiger partial charge in [0.25, 0.3) is 0 Å². The maximum atomic E-state index is 13.1. The normalized spacial score (nSPS) is 27.8. The molecule has 0 bridgehead atoms. The highest BCUT2D eigenvalue weighted by atomic mass is 16.7. The predicted molar refractivity (Wildman–Crippen MR) is 159 cm³/mol. The molecule has 1 atom stereocenters. The third-order valence-electron chi connectivity index (χ3n) is 9.24. The van der Waals surface area contributed by atoms with Crippen molar-refractivity contribution >= 4 is 6.03 Å². The van der Waals surface area contributed by atoms with Crippen LogP contribution in [-0.2, 0) is 4.84 Å². The summed E-state index contributed by atoms with van der Waals surface area (Å²) >= 11 is 0. The number of allylic oxidation sites excluding steroid dienone is 1. The van der Waals surface area contributed by atoms with E-state index < -0.39 is 22.2 Å². The summed E-state index contributed by atoms with van der Waals surface area (Å²) < 4.78 is 0. The van der Waals surface area contributed by atoms with E-state index in [0.29, 0.717) is 12.8 Å². The van der Waals surface area contributed by atoms with Gasteiger partial charge in [0, 0.05) is 39.7 Å². The van der Waals surface area contributed by atoms with Gasteiger partial charge >= 0.3 is 6.03 Å². The standard InChI is InChI=1S/C31H57N5O4/c1-26(2)17-23(18-27(3,4)35(26)38)32-25(37)33-30(9,10)21-13-15-22(16-14-21)31(11,12)34-40-24-19-28(5,6)36(39)29(7,8)20-24/h13,15-16,21,23-24,34,38-39H,14,17-20H2,1-12H3,(H2,32,33,37). The van der Waals surface area contributed by atoms with Crippen molar-refractivity contribution in [3.05, 3.63) is 23.8 Å². The van der Waals surface area contributed by atoms with Crippen LogP contribution < -0.4 is 16.1 Å². The largest absolute Gasteiger partial charge is 0.335 e. The molecule has 9 nitrogen and oxygen atoms in total. The number of piperidine rings is 2. The van der Waals surface area contributed by atoms with E-state index >= 15 is 0 Å². The minimum absolute atomic E-state index is 0.0176. The molecule has 2 fully saturated rings. The van der Waals surface area contributed by atoms with Crippen LogP contribution in [0.25, 0.3) is 0 Å². The maximum Gasteiger partial charge on any atom is 0.315 e. The number of hydrogen-bond acceptors (Lipinski definition) is 7. The highest BCUT2D eigenvalue weighted by molar-refractivity contribution is 5.75. The van der Waals surface area contributed by atoms with E-state index in [-0.39, 0.29) is 35.2 Å². The quantitative estimate of drug-likeness (QED) is 0.253. The Bertz CT molecular complexity index is 962. The second kappa shape index (κ2) is 11.0. The molecule has 0 saturated carbocycles. The van der Waals surface area contributed by atoms with Crippen LogP contribution in [0.3, 0.4) is 0 Å². The van der Waals surface area contributed by atoms with Gasteiger partial charge in [-0.25, -0.2) is 4.79 Å². The Hall–Kier alpha value is -1.49. The monoisotopic (exact) mass is 563 g/mol. The van der Waals surface area contributed by atoms with Gasteiger partial charge in [0.1, 0.15) is 0 Å². The number of carbonyl (C=O) groups excluding carboxylic acids is 1. The van der Waals surface area contributed by atoms with E-state index in [1.54, 1.807) is 0 Å². The summed E-state index contributed by atoms with van der Waals surface area (Å²) in [5.74, 6) is 0.140. The topological polar surface area (TPSA) is 109 Å². The lowest BCUT2D eigenvalue weighted by Gasteiger charge is -2.51. The molecular formula is C31H57N5O4. The molecule has 9 heteroatoms. The second-order valence-electron chi connectivity index (χ2n) is 16.0. The summed E-state index contributed by atoms with van der Waals surface area (Å²) in [6.45, 7) is 24.5. The number of rotatable bonds is 7. The zero-order valence-corrected chi connectivity index (χ0v) is 27.1. The zero-order valence-electron chi connectivity index (χ0n) is 27.1. The first kappa shape index (κ1) is 33.0. The number of hydroxylamine groups is 5. The molecule has 0 aromatic carbocycles. The van der Waals surface area contributed by atoms with Crippen molar-refractivity contribution in [1.29, 1.82) is 0 Å². The highest BCUT2D eigenvalue weighted by Gasteiger charge is 2.47. The molecule has 1 unspecified atom stereocenters. The molecule has 3 aliphatic rings. The first-order valence-corrected chi connectivity index (χ1v) is 14.9. The fourth-order valence-electron chi connectivity index (χ4n) is 7.15. The van der Waals surface area contributed by atoms with Crippen molar-refractivity contribution in [1.82, 2.24) is 26.2 Å². The molecule has 1 aliphatic carbocycles. The van der Waals surface area contributed by atoms with Gasteiger partial charge in [-0.05, 0) is 121 Å². The average Bonchev–Trinajstić information content (AvgIpc) is 2.78. The minimum Gasteiger partial charge on any atom is -0.335 e. The third-order valence-corrected chi connectivity index (χ3v) is 9.24. The molecule has 2 aliphatic heterocycles. The number of nitrogens with one attached hydrogen (secondary N) is 3. The highest BCUT2D eigenvalue weighted by Crippen LogP contribution is 2.39. The fourth-order valence-corrected chi connectivity index (χ4v) is 7.15. The maximum absolute atomic E-state index is 13.1. The summed E-state index contributed by atoms with van der Waals surface area (Å²) in [6.07, 6.45) is 10.1. The van der Waals surface area contributed by atoms with Crippen LogP contribution in [0.2, 0.25) is 0 Å². The van der Waals surface area contributed by atoms with Gasteiger partial charge in [0.15, 0.2) is 0 Å². The van der Waals surface area contributed by atoms with Crippen LogP contribution in [0, 0.1) is 5.92 Å². The van der Waals surface area contributed by atoms with E-state index in [1.165, 1.54) is 10.1 Å². The van der Waals surface area contributed by atoms with Crippen molar-refractivity contribution in [2.75, 3.05) is 0 Å². The first-order chi connectivity index (χ1) is 18.0. The molecule has 3 rings (SSSR count). The Balaban J connectivity index is 1.55. The van der Waals surface area contributed by atoms with E-state index in [9.17, 15) is 15.2 Å². The predicted octanol–water partition coefficient (Wildman–Crippen LogP) is 5.69. The van der Waals surface area contributed by atoms with Gasteiger partial charge in [-0.3, -0.25) is 4.84 Å². The summed E-state index contributed by atoms with van der Waals surface area (Å²) in [6, 6.07) is -0.198. The molecule has 0 aromatic rings. The molecule has 2 heterocycles. The van der Waals surface area contributed by atoms with Crippen LogP contribution in [0.4, 0.5) is 4.79 Å². The van der Waals surface area contributed by atoms with Crippen molar-refractivity contribution < 1.29 is 20.0 Å². The Morgan fingerprint density at radius 2 is 1.35 bits per heavy atom. The molecule has 2 amide bonds. The van der Waals surface area contributed by atoms with Gasteiger partial charge in [0.05, 0.1) is 11.6 Å². The minimum atomic E-state index is -0.450. The molecular weight excluding hydrogens is 506 g/mol. The van der Waals surface area contributed by atoms with E-state index in [4.69, 9.17) is 4.84 Å². The first-order valence-electron chi connectivity index (χ1n) is 14.9. The smallest absolute Gasteiger partial charge is 0.315 e. The molecule has 5 N–H and O–H groups in total. The number of urea groups is 1. The lowest BCUT2D eigenvalue weighted by atomic mass is 9.78. The van der Waals surface area contributed by atoms with Gasteiger partial charge < -0.3 is 21.0 Å². The van der Waals surface area contributed by atoms with Crippen molar-refractivity contribution in [3.63, 3.8) is 0 Å². The summed E-state index contributed by atoms with van der Waals surface area (Å²) in [5, 5.41) is 30.4. The molecule has 40 heavy (non-hydrogen) atoms. The molecule has 0 aromatic heterocycles. The van der Waals surface area contributed by atoms with E-state index in [2.05, 4.69) is 62.0 Å².